The number of sulfonamides is 1. The average Bonchev–Trinajstić information content (AvgIpc) is 2.48. The molecule has 1 saturated heterocycles. The van der Waals surface area contributed by atoms with Crippen molar-refractivity contribution in [3.8, 4) is 0 Å². The van der Waals surface area contributed by atoms with E-state index in [4.69, 9.17) is 11.6 Å². The van der Waals surface area contributed by atoms with Crippen LogP contribution in [0.15, 0.2) is 23.1 Å². The fraction of sp³-hybridized carbons (Fsp3) is 0.600. The molecule has 1 unspecified atom stereocenters. The van der Waals surface area contributed by atoms with Gasteiger partial charge in [0.05, 0.1) is 10.8 Å². The van der Waals surface area contributed by atoms with E-state index in [1.54, 1.807) is 4.31 Å². The standard InChI is InChI=1S/C15H21ClFNO2S/c1-2-5-13-6-3-4-9-18(13)21(19,20)14-7-8-15(17)12(10-14)11-16/h7-8,10,13H,2-6,9,11H2,1H3. The number of piperidine rings is 1. The highest BCUT2D eigenvalue weighted by molar-refractivity contribution is 7.89. The van der Waals surface area contributed by atoms with E-state index in [1.165, 1.54) is 18.2 Å². The van der Waals surface area contributed by atoms with Crippen LogP contribution in [0.3, 0.4) is 0 Å². The zero-order valence-corrected chi connectivity index (χ0v) is 13.8. The summed E-state index contributed by atoms with van der Waals surface area (Å²) >= 11 is 5.67. The molecule has 2 rings (SSSR count). The van der Waals surface area contributed by atoms with E-state index in [0.717, 1.165) is 32.1 Å². The first-order valence-electron chi connectivity index (χ1n) is 7.37. The van der Waals surface area contributed by atoms with Crippen molar-refractivity contribution in [3.05, 3.63) is 29.6 Å². The van der Waals surface area contributed by atoms with Crippen molar-refractivity contribution in [2.45, 2.75) is 55.8 Å². The maximum Gasteiger partial charge on any atom is 0.243 e. The molecule has 6 heteroatoms. The van der Waals surface area contributed by atoms with Crippen LogP contribution >= 0.6 is 11.6 Å². The number of benzene rings is 1. The first-order valence-corrected chi connectivity index (χ1v) is 9.34. The third kappa shape index (κ3) is 3.58. The minimum atomic E-state index is -3.57. The highest BCUT2D eigenvalue weighted by atomic mass is 35.5. The lowest BCUT2D eigenvalue weighted by Gasteiger charge is -2.34. The summed E-state index contributed by atoms with van der Waals surface area (Å²) in [5.41, 5.74) is 0.224. The van der Waals surface area contributed by atoms with E-state index in [0.29, 0.717) is 6.54 Å². The monoisotopic (exact) mass is 333 g/mol. The highest BCUT2D eigenvalue weighted by Gasteiger charge is 2.33. The minimum absolute atomic E-state index is 0.0341. The Kier molecular flexibility index (Phi) is 5.63. The molecule has 1 aromatic carbocycles. The summed E-state index contributed by atoms with van der Waals surface area (Å²) in [5, 5.41) is 0. The third-order valence-corrected chi connectivity index (χ3v) is 6.20. The largest absolute Gasteiger partial charge is 0.243 e. The van der Waals surface area contributed by atoms with E-state index < -0.39 is 15.8 Å². The Hall–Kier alpha value is -0.650. The smallest absolute Gasteiger partial charge is 0.207 e. The Morgan fingerprint density at radius 2 is 2.14 bits per heavy atom. The van der Waals surface area contributed by atoms with E-state index in [9.17, 15) is 12.8 Å². The lowest BCUT2D eigenvalue weighted by atomic mass is 10.0. The van der Waals surface area contributed by atoms with Gasteiger partial charge in [-0.05, 0) is 37.5 Å². The number of alkyl halides is 1. The van der Waals surface area contributed by atoms with Gasteiger partial charge in [0.2, 0.25) is 10.0 Å². The molecule has 0 aliphatic carbocycles. The van der Waals surface area contributed by atoms with E-state index >= 15 is 0 Å². The second-order valence-corrected chi connectivity index (χ2v) is 7.60. The van der Waals surface area contributed by atoms with Crippen molar-refractivity contribution in [1.82, 2.24) is 4.31 Å². The van der Waals surface area contributed by atoms with Gasteiger partial charge < -0.3 is 0 Å². The molecule has 0 spiro atoms. The molecule has 1 aliphatic rings. The fourth-order valence-electron chi connectivity index (χ4n) is 2.86. The van der Waals surface area contributed by atoms with Crippen molar-refractivity contribution in [2.24, 2.45) is 0 Å². The molecular weight excluding hydrogens is 313 g/mol. The number of nitrogens with zero attached hydrogens (tertiary/aromatic N) is 1. The highest BCUT2D eigenvalue weighted by Crippen LogP contribution is 2.28. The summed E-state index contributed by atoms with van der Waals surface area (Å²) < 4.78 is 40.7. The predicted octanol–water partition coefficient (Wildman–Crippen LogP) is 3.91. The van der Waals surface area contributed by atoms with Gasteiger partial charge in [0.15, 0.2) is 0 Å². The summed E-state index contributed by atoms with van der Waals surface area (Å²) in [7, 11) is -3.57. The van der Waals surface area contributed by atoms with Gasteiger partial charge in [-0.3, -0.25) is 0 Å². The molecule has 1 aliphatic heterocycles. The molecule has 118 valence electrons. The molecule has 0 aromatic heterocycles. The Labute approximate surface area is 131 Å². The quantitative estimate of drug-likeness (QED) is 0.766. The molecule has 1 fully saturated rings. The molecule has 1 atom stereocenters. The molecule has 1 aromatic rings. The van der Waals surface area contributed by atoms with E-state index in [-0.39, 0.29) is 22.4 Å². The van der Waals surface area contributed by atoms with Crippen molar-refractivity contribution >= 4 is 21.6 Å². The van der Waals surface area contributed by atoms with Gasteiger partial charge in [-0.15, -0.1) is 11.6 Å². The number of halogens is 2. The molecule has 0 saturated carbocycles. The van der Waals surface area contributed by atoms with Gasteiger partial charge in [0.25, 0.3) is 0 Å². The SMILES string of the molecule is CCCC1CCCCN1S(=O)(=O)c1ccc(F)c(CCl)c1. The van der Waals surface area contributed by atoms with Crippen LogP contribution in [0, 0.1) is 5.82 Å². The fourth-order valence-corrected chi connectivity index (χ4v) is 4.84. The van der Waals surface area contributed by atoms with E-state index in [1.807, 2.05) is 0 Å². The molecule has 3 nitrogen and oxygen atoms in total. The topological polar surface area (TPSA) is 37.4 Å². The van der Waals surface area contributed by atoms with Crippen LogP contribution < -0.4 is 0 Å². The number of hydrogen-bond acceptors (Lipinski definition) is 2. The summed E-state index contributed by atoms with van der Waals surface area (Å²) in [6.07, 6.45) is 4.66. The van der Waals surface area contributed by atoms with Gasteiger partial charge in [0.1, 0.15) is 5.82 Å². The second-order valence-electron chi connectivity index (χ2n) is 5.44. The molecule has 21 heavy (non-hydrogen) atoms. The van der Waals surface area contributed by atoms with Crippen LogP contribution in [-0.4, -0.2) is 25.3 Å². The van der Waals surface area contributed by atoms with Crippen LogP contribution in [0.25, 0.3) is 0 Å². The second kappa shape index (κ2) is 7.07. The average molecular weight is 334 g/mol. The maximum absolute atomic E-state index is 13.5. The van der Waals surface area contributed by atoms with Crippen molar-refractivity contribution in [2.75, 3.05) is 6.54 Å². The van der Waals surface area contributed by atoms with E-state index in [2.05, 4.69) is 6.92 Å². The first kappa shape index (κ1) is 16.7. The van der Waals surface area contributed by atoms with Gasteiger partial charge >= 0.3 is 0 Å². The van der Waals surface area contributed by atoms with Crippen LogP contribution in [-0.2, 0) is 15.9 Å². The predicted molar refractivity (Wildman–Crippen MR) is 82.4 cm³/mol. The van der Waals surface area contributed by atoms with Crippen molar-refractivity contribution in [3.63, 3.8) is 0 Å². The Balaban J connectivity index is 2.35. The third-order valence-electron chi connectivity index (χ3n) is 3.96. The van der Waals surface area contributed by atoms with Crippen LogP contribution in [0.5, 0.6) is 0 Å². The molecule has 1 heterocycles. The number of rotatable bonds is 5. The van der Waals surface area contributed by atoms with Crippen LogP contribution in [0.4, 0.5) is 4.39 Å². The lowest BCUT2D eigenvalue weighted by molar-refractivity contribution is 0.239. The van der Waals surface area contributed by atoms with Gasteiger partial charge in [0, 0.05) is 18.2 Å². The Morgan fingerprint density at radius 3 is 2.81 bits per heavy atom. The first-order chi connectivity index (χ1) is 10.0. The summed E-state index contributed by atoms with van der Waals surface area (Å²) in [5.74, 6) is -0.499. The molecule has 0 radical (unpaired) electrons. The molecule has 0 bridgehead atoms. The van der Waals surface area contributed by atoms with Crippen LogP contribution in [0.2, 0.25) is 0 Å². The maximum atomic E-state index is 13.5. The molecular formula is C15H21ClFNO2S. The van der Waals surface area contributed by atoms with Crippen molar-refractivity contribution in [1.29, 1.82) is 0 Å². The van der Waals surface area contributed by atoms with Gasteiger partial charge in [-0.25, -0.2) is 12.8 Å². The Bertz CT molecular complexity index is 589. The van der Waals surface area contributed by atoms with Crippen LogP contribution in [0.1, 0.15) is 44.6 Å². The lowest BCUT2D eigenvalue weighted by Crippen LogP contribution is -2.43. The van der Waals surface area contributed by atoms with Crippen molar-refractivity contribution < 1.29 is 12.8 Å². The van der Waals surface area contributed by atoms with Gasteiger partial charge in [-0.2, -0.15) is 4.31 Å². The number of hydrogen-bond donors (Lipinski definition) is 0. The minimum Gasteiger partial charge on any atom is -0.207 e. The summed E-state index contributed by atoms with van der Waals surface area (Å²) in [6.45, 7) is 2.60. The summed E-state index contributed by atoms with van der Waals surface area (Å²) in [4.78, 5) is 0.141. The molecule has 0 N–H and O–H groups in total. The zero-order chi connectivity index (χ0) is 15.5. The Morgan fingerprint density at radius 1 is 1.38 bits per heavy atom. The summed E-state index contributed by atoms with van der Waals surface area (Å²) in [6, 6.07) is 3.93. The normalized spacial score (nSPS) is 20.6. The van der Waals surface area contributed by atoms with Gasteiger partial charge in [-0.1, -0.05) is 19.8 Å². The zero-order valence-electron chi connectivity index (χ0n) is 12.2. The molecule has 0 amide bonds.